The summed E-state index contributed by atoms with van der Waals surface area (Å²) < 4.78 is 0. The molecule has 2 heterocycles. The van der Waals surface area contributed by atoms with Crippen molar-refractivity contribution in [2.45, 2.75) is 32.2 Å². The van der Waals surface area contributed by atoms with Crippen LogP contribution in [0.4, 0.5) is 11.5 Å². The summed E-state index contributed by atoms with van der Waals surface area (Å²) in [6.07, 6.45) is 4.60. The molecule has 1 aliphatic heterocycles. The number of aryl methyl sites for hydroxylation is 2. The van der Waals surface area contributed by atoms with E-state index in [0.29, 0.717) is 6.54 Å². The van der Waals surface area contributed by atoms with Crippen molar-refractivity contribution < 1.29 is 0 Å². The van der Waals surface area contributed by atoms with Crippen LogP contribution in [0.5, 0.6) is 0 Å². The van der Waals surface area contributed by atoms with Crippen molar-refractivity contribution in [3.8, 4) is 0 Å². The van der Waals surface area contributed by atoms with E-state index in [1.54, 1.807) is 0 Å². The molecule has 2 aliphatic rings. The van der Waals surface area contributed by atoms with Gasteiger partial charge in [-0.1, -0.05) is 18.2 Å². The summed E-state index contributed by atoms with van der Waals surface area (Å²) in [6, 6.07) is 10.9. The highest BCUT2D eigenvalue weighted by molar-refractivity contribution is 5.70. The summed E-state index contributed by atoms with van der Waals surface area (Å²) >= 11 is 0. The van der Waals surface area contributed by atoms with E-state index in [0.717, 1.165) is 31.6 Å². The molecule has 0 fully saturated rings. The molecule has 20 heavy (non-hydrogen) atoms. The monoisotopic (exact) mass is 265 g/mol. The first-order valence-electron chi connectivity index (χ1n) is 7.44. The van der Waals surface area contributed by atoms with Crippen molar-refractivity contribution in [2.75, 3.05) is 11.4 Å². The van der Waals surface area contributed by atoms with E-state index < -0.39 is 0 Å². The Bertz CT molecular complexity index is 663. The van der Waals surface area contributed by atoms with Crippen molar-refractivity contribution in [3.63, 3.8) is 0 Å². The molecule has 3 nitrogen and oxygen atoms in total. The van der Waals surface area contributed by atoms with E-state index in [2.05, 4.69) is 35.2 Å². The second kappa shape index (κ2) is 4.60. The third kappa shape index (κ3) is 1.74. The summed E-state index contributed by atoms with van der Waals surface area (Å²) in [4.78, 5) is 7.29. The van der Waals surface area contributed by atoms with Crippen LogP contribution in [0.15, 0.2) is 30.3 Å². The topological polar surface area (TPSA) is 42.1 Å². The Morgan fingerprint density at radius 3 is 2.90 bits per heavy atom. The number of benzene rings is 1. The van der Waals surface area contributed by atoms with Gasteiger partial charge in [0.2, 0.25) is 0 Å². The predicted molar refractivity (Wildman–Crippen MR) is 81.3 cm³/mol. The maximum Gasteiger partial charge on any atom is 0.137 e. The Kier molecular flexibility index (Phi) is 2.74. The van der Waals surface area contributed by atoms with Crippen molar-refractivity contribution in [3.05, 3.63) is 52.7 Å². The summed E-state index contributed by atoms with van der Waals surface area (Å²) in [7, 11) is 0. The van der Waals surface area contributed by atoms with Crippen LogP contribution in [-0.2, 0) is 25.8 Å². The fraction of sp³-hybridized carbons (Fsp3) is 0.353. The summed E-state index contributed by atoms with van der Waals surface area (Å²) in [6.45, 7) is 1.58. The van der Waals surface area contributed by atoms with Crippen molar-refractivity contribution in [1.82, 2.24) is 4.98 Å². The molecule has 0 bridgehead atoms. The maximum atomic E-state index is 5.97. The van der Waals surface area contributed by atoms with Gasteiger partial charge in [0.25, 0.3) is 0 Å². The molecule has 0 amide bonds. The van der Waals surface area contributed by atoms with Gasteiger partial charge in [-0.3, -0.25) is 0 Å². The number of nitrogens with zero attached hydrogens (tertiary/aromatic N) is 2. The zero-order valence-electron chi connectivity index (χ0n) is 11.6. The van der Waals surface area contributed by atoms with Gasteiger partial charge < -0.3 is 10.6 Å². The van der Waals surface area contributed by atoms with Crippen LogP contribution in [0.2, 0.25) is 0 Å². The number of pyridine rings is 1. The molecule has 4 rings (SSSR count). The first kappa shape index (κ1) is 11.9. The SMILES string of the molecule is NCc1cc2c(nc1N1CCc3ccccc31)CCC2. The second-order valence-electron chi connectivity index (χ2n) is 5.66. The van der Waals surface area contributed by atoms with Crippen LogP contribution < -0.4 is 10.6 Å². The Labute approximate surface area is 119 Å². The molecule has 2 N–H and O–H groups in total. The van der Waals surface area contributed by atoms with Gasteiger partial charge in [-0.15, -0.1) is 0 Å². The molecule has 0 atom stereocenters. The Balaban J connectivity index is 1.83. The smallest absolute Gasteiger partial charge is 0.137 e. The van der Waals surface area contributed by atoms with Crippen LogP contribution in [0.1, 0.15) is 28.8 Å². The van der Waals surface area contributed by atoms with Crippen LogP contribution in [-0.4, -0.2) is 11.5 Å². The lowest BCUT2D eigenvalue weighted by molar-refractivity contribution is 0.892. The van der Waals surface area contributed by atoms with E-state index in [1.165, 1.54) is 34.5 Å². The van der Waals surface area contributed by atoms with Gasteiger partial charge >= 0.3 is 0 Å². The van der Waals surface area contributed by atoms with Gasteiger partial charge in [0.1, 0.15) is 5.82 Å². The van der Waals surface area contributed by atoms with Gasteiger partial charge in [-0.05, 0) is 48.9 Å². The second-order valence-corrected chi connectivity index (χ2v) is 5.66. The number of aromatic nitrogens is 1. The van der Waals surface area contributed by atoms with Crippen LogP contribution in [0.25, 0.3) is 0 Å². The molecule has 0 spiro atoms. The van der Waals surface area contributed by atoms with Crippen LogP contribution >= 0.6 is 0 Å². The van der Waals surface area contributed by atoms with E-state index in [4.69, 9.17) is 10.7 Å². The molecule has 0 saturated heterocycles. The van der Waals surface area contributed by atoms with Crippen molar-refractivity contribution >= 4 is 11.5 Å². The standard InChI is InChI=1S/C17H19N3/c18-11-14-10-13-5-3-6-15(13)19-17(14)20-9-8-12-4-1-2-7-16(12)20/h1-2,4,7,10H,3,5-6,8-9,11,18H2. The first-order valence-corrected chi connectivity index (χ1v) is 7.44. The predicted octanol–water partition coefficient (Wildman–Crippen LogP) is 2.72. The van der Waals surface area contributed by atoms with Crippen LogP contribution in [0, 0.1) is 0 Å². The number of fused-ring (bicyclic) bond motifs is 2. The fourth-order valence-electron chi connectivity index (χ4n) is 3.45. The number of para-hydroxylation sites is 1. The largest absolute Gasteiger partial charge is 0.326 e. The lowest BCUT2D eigenvalue weighted by atomic mass is 10.1. The normalized spacial score (nSPS) is 16.4. The number of hydrogen-bond acceptors (Lipinski definition) is 3. The molecule has 0 saturated carbocycles. The van der Waals surface area contributed by atoms with E-state index in [9.17, 15) is 0 Å². The Morgan fingerprint density at radius 2 is 2.00 bits per heavy atom. The fourth-order valence-corrected chi connectivity index (χ4v) is 3.45. The van der Waals surface area contributed by atoms with Gasteiger partial charge in [-0.25, -0.2) is 4.98 Å². The van der Waals surface area contributed by atoms with Crippen molar-refractivity contribution in [2.24, 2.45) is 5.73 Å². The van der Waals surface area contributed by atoms with Crippen LogP contribution in [0.3, 0.4) is 0 Å². The summed E-state index contributed by atoms with van der Waals surface area (Å²) in [5, 5.41) is 0. The molecule has 0 unspecified atom stereocenters. The molecule has 2 aromatic rings. The minimum absolute atomic E-state index is 0.564. The summed E-state index contributed by atoms with van der Waals surface area (Å²) in [5.74, 6) is 1.08. The molecule has 0 radical (unpaired) electrons. The summed E-state index contributed by atoms with van der Waals surface area (Å²) in [5.41, 5.74) is 12.5. The van der Waals surface area contributed by atoms with Gasteiger partial charge in [-0.2, -0.15) is 0 Å². The lowest BCUT2D eigenvalue weighted by Gasteiger charge is -2.22. The molecule has 1 aliphatic carbocycles. The Morgan fingerprint density at radius 1 is 1.10 bits per heavy atom. The molecular formula is C17H19N3. The van der Waals surface area contributed by atoms with Crippen molar-refractivity contribution in [1.29, 1.82) is 0 Å². The van der Waals surface area contributed by atoms with Gasteiger partial charge in [0.15, 0.2) is 0 Å². The average Bonchev–Trinajstić information content (AvgIpc) is 3.11. The molecular weight excluding hydrogens is 246 g/mol. The zero-order valence-corrected chi connectivity index (χ0v) is 11.6. The first-order chi connectivity index (χ1) is 9.86. The quantitative estimate of drug-likeness (QED) is 0.908. The number of rotatable bonds is 2. The highest BCUT2D eigenvalue weighted by Gasteiger charge is 2.25. The molecule has 3 heteroatoms. The highest BCUT2D eigenvalue weighted by atomic mass is 15.2. The number of hydrogen-bond donors (Lipinski definition) is 1. The molecule has 1 aromatic heterocycles. The molecule has 102 valence electrons. The number of anilines is 2. The lowest BCUT2D eigenvalue weighted by Crippen LogP contribution is -2.19. The third-order valence-electron chi connectivity index (χ3n) is 4.47. The van der Waals surface area contributed by atoms with E-state index >= 15 is 0 Å². The van der Waals surface area contributed by atoms with E-state index in [-0.39, 0.29) is 0 Å². The van der Waals surface area contributed by atoms with E-state index in [1.807, 2.05) is 0 Å². The maximum absolute atomic E-state index is 5.97. The van der Waals surface area contributed by atoms with Gasteiger partial charge in [0.05, 0.1) is 0 Å². The average molecular weight is 265 g/mol. The molecule has 1 aromatic carbocycles. The third-order valence-corrected chi connectivity index (χ3v) is 4.47. The minimum atomic E-state index is 0.564. The minimum Gasteiger partial charge on any atom is -0.326 e. The Hall–Kier alpha value is -1.87. The van der Waals surface area contributed by atoms with Gasteiger partial charge in [0, 0.05) is 30.0 Å². The number of nitrogens with two attached hydrogens (primary N) is 1. The zero-order chi connectivity index (χ0) is 13.5. The highest BCUT2D eigenvalue weighted by Crippen LogP contribution is 2.36.